The van der Waals surface area contributed by atoms with Crippen LogP contribution in [0.25, 0.3) is 0 Å². The van der Waals surface area contributed by atoms with E-state index in [4.69, 9.17) is 10.5 Å². The number of anilines is 2. The molecule has 3 heterocycles. The van der Waals surface area contributed by atoms with E-state index >= 15 is 0 Å². The Balaban J connectivity index is 1.83. The summed E-state index contributed by atoms with van der Waals surface area (Å²) in [6, 6.07) is 2.41. The number of nitrogens with one attached hydrogen (secondary N) is 1. The number of nitrogens with zero attached hydrogens (tertiary/aromatic N) is 3. The molecular weight excluding hydrogens is 469 g/mol. The van der Waals surface area contributed by atoms with Gasteiger partial charge in [0.05, 0.1) is 12.6 Å². The van der Waals surface area contributed by atoms with Crippen LogP contribution >= 0.6 is 0 Å². The zero-order valence-electron chi connectivity index (χ0n) is 17.7. The van der Waals surface area contributed by atoms with Crippen molar-refractivity contribution in [1.82, 2.24) is 14.9 Å². The van der Waals surface area contributed by atoms with Gasteiger partial charge in [-0.05, 0) is 31.0 Å². The molecular formula is C20H20F5N5O4. The molecule has 2 aromatic heterocycles. The monoisotopic (exact) mass is 489 g/mol. The first-order valence-corrected chi connectivity index (χ1v) is 9.89. The van der Waals surface area contributed by atoms with Crippen LogP contribution in [0.5, 0.6) is 5.75 Å². The predicted molar refractivity (Wildman–Crippen MR) is 108 cm³/mol. The third kappa shape index (κ3) is 6.65. The van der Waals surface area contributed by atoms with Crippen molar-refractivity contribution < 1.29 is 41.0 Å². The number of aromatic nitrogens is 2. The number of likely N-dealkylation sites (tertiary alicyclic amines) is 1. The first kappa shape index (κ1) is 24.9. The Hall–Kier alpha value is -3.71. The third-order valence-electron chi connectivity index (χ3n) is 4.92. The van der Waals surface area contributed by atoms with Crippen molar-refractivity contribution in [3.63, 3.8) is 0 Å². The van der Waals surface area contributed by atoms with E-state index in [0.717, 1.165) is 23.2 Å². The summed E-state index contributed by atoms with van der Waals surface area (Å²) >= 11 is 0. The lowest BCUT2D eigenvalue weighted by molar-refractivity contribution is -0.274. The van der Waals surface area contributed by atoms with E-state index in [0.29, 0.717) is 5.56 Å². The first-order valence-electron chi connectivity index (χ1n) is 9.89. The van der Waals surface area contributed by atoms with Gasteiger partial charge in [0.15, 0.2) is 0 Å². The molecule has 34 heavy (non-hydrogen) atoms. The van der Waals surface area contributed by atoms with Crippen LogP contribution in [0.4, 0.5) is 38.4 Å². The molecule has 1 aliphatic rings. The number of halogens is 5. The van der Waals surface area contributed by atoms with E-state index in [1.54, 1.807) is 0 Å². The molecule has 3 N–H and O–H groups in total. The SMILES string of the molecule is Cc1cnc(Nc2cc(OC(F)(F)F)ccn2)cc1C(=O)N1CC(F)(F)CCC1COC(N)=O. The second-order valence-corrected chi connectivity index (χ2v) is 7.55. The number of amides is 2. The zero-order chi connectivity index (χ0) is 25.1. The smallest absolute Gasteiger partial charge is 0.448 e. The molecule has 0 aromatic carbocycles. The van der Waals surface area contributed by atoms with Crippen LogP contribution in [0.1, 0.15) is 28.8 Å². The summed E-state index contributed by atoms with van der Waals surface area (Å²) in [6.45, 7) is 0.306. The standard InChI is InChI=1S/C20H20F5N5O4/c1-11-8-28-16(29-15-6-13(3-5-27-15)34-20(23,24)25)7-14(11)17(31)30-10-19(21,22)4-2-12(30)9-33-18(26)32/h3,5-8,12H,2,4,9-10H2,1H3,(H2,26,32)(H,27,28,29). The highest BCUT2D eigenvalue weighted by Gasteiger charge is 2.43. The fourth-order valence-electron chi connectivity index (χ4n) is 3.37. The van der Waals surface area contributed by atoms with Crippen LogP contribution < -0.4 is 15.8 Å². The van der Waals surface area contributed by atoms with Crippen molar-refractivity contribution in [2.45, 2.75) is 38.1 Å². The molecule has 14 heteroatoms. The second kappa shape index (κ2) is 9.65. The van der Waals surface area contributed by atoms with Crippen molar-refractivity contribution in [1.29, 1.82) is 0 Å². The minimum atomic E-state index is -4.90. The summed E-state index contributed by atoms with van der Waals surface area (Å²) in [6.07, 6.45) is -4.23. The van der Waals surface area contributed by atoms with Gasteiger partial charge in [0.2, 0.25) is 0 Å². The summed E-state index contributed by atoms with van der Waals surface area (Å²) in [5.41, 5.74) is 5.33. The molecule has 0 saturated carbocycles. The molecule has 9 nitrogen and oxygen atoms in total. The highest BCUT2D eigenvalue weighted by molar-refractivity contribution is 5.96. The number of ether oxygens (including phenoxy) is 2. The Kier molecular flexibility index (Phi) is 7.07. The maximum Gasteiger partial charge on any atom is 0.573 e. The van der Waals surface area contributed by atoms with E-state index in [9.17, 15) is 31.5 Å². The van der Waals surface area contributed by atoms with Crippen molar-refractivity contribution >= 4 is 23.6 Å². The number of rotatable bonds is 6. The Bertz CT molecular complexity index is 1070. The normalized spacial score (nSPS) is 17.7. The molecule has 0 spiro atoms. The van der Waals surface area contributed by atoms with Crippen molar-refractivity contribution in [2.24, 2.45) is 5.73 Å². The van der Waals surface area contributed by atoms with E-state index in [1.165, 1.54) is 19.2 Å². The maximum absolute atomic E-state index is 14.1. The van der Waals surface area contributed by atoms with Gasteiger partial charge in [0, 0.05) is 30.4 Å². The third-order valence-corrected chi connectivity index (χ3v) is 4.92. The second-order valence-electron chi connectivity index (χ2n) is 7.55. The number of aryl methyl sites for hydroxylation is 1. The van der Waals surface area contributed by atoms with Crippen LogP contribution in [-0.4, -0.2) is 58.3 Å². The van der Waals surface area contributed by atoms with Gasteiger partial charge in [0.25, 0.3) is 11.8 Å². The molecule has 1 fully saturated rings. The van der Waals surface area contributed by atoms with Crippen LogP contribution in [0, 0.1) is 6.92 Å². The Morgan fingerprint density at radius 1 is 1.26 bits per heavy atom. The van der Waals surface area contributed by atoms with Gasteiger partial charge in [-0.1, -0.05) is 0 Å². The lowest BCUT2D eigenvalue weighted by Crippen LogP contribution is -2.53. The van der Waals surface area contributed by atoms with Gasteiger partial charge < -0.3 is 25.4 Å². The van der Waals surface area contributed by atoms with Crippen LogP contribution in [-0.2, 0) is 4.74 Å². The average molecular weight is 489 g/mol. The van der Waals surface area contributed by atoms with E-state index in [-0.39, 0.29) is 30.2 Å². The van der Waals surface area contributed by atoms with Crippen molar-refractivity contribution in [3.05, 3.63) is 41.7 Å². The van der Waals surface area contributed by atoms with Crippen LogP contribution in [0.2, 0.25) is 0 Å². The molecule has 1 atom stereocenters. The molecule has 3 rings (SSSR count). The fraction of sp³-hybridized carbons (Fsp3) is 0.400. The zero-order valence-corrected chi connectivity index (χ0v) is 17.7. The number of piperidine rings is 1. The van der Waals surface area contributed by atoms with Gasteiger partial charge in [-0.25, -0.2) is 23.5 Å². The minimum Gasteiger partial charge on any atom is -0.448 e. The molecule has 1 unspecified atom stereocenters. The van der Waals surface area contributed by atoms with Gasteiger partial charge in [-0.2, -0.15) is 0 Å². The average Bonchev–Trinajstić information content (AvgIpc) is 2.72. The number of carbonyl (C=O) groups excluding carboxylic acids is 2. The summed E-state index contributed by atoms with van der Waals surface area (Å²) in [4.78, 5) is 33.0. The predicted octanol–water partition coefficient (Wildman–Crippen LogP) is 3.76. The topological polar surface area (TPSA) is 120 Å². The first-order chi connectivity index (χ1) is 15.8. The number of hydrogen-bond acceptors (Lipinski definition) is 7. The lowest BCUT2D eigenvalue weighted by atomic mass is 9.98. The molecule has 0 bridgehead atoms. The minimum absolute atomic E-state index is 0.0157. The quantitative estimate of drug-likeness (QED) is 0.593. The molecule has 0 aliphatic carbocycles. The largest absolute Gasteiger partial charge is 0.573 e. The van der Waals surface area contributed by atoms with Crippen molar-refractivity contribution in [3.8, 4) is 5.75 Å². The Morgan fingerprint density at radius 2 is 1.97 bits per heavy atom. The van der Waals surface area contributed by atoms with Gasteiger partial charge >= 0.3 is 12.5 Å². The summed E-state index contributed by atoms with van der Waals surface area (Å²) in [5, 5.41) is 2.65. The summed E-state index contributed by atoms with van der Waals surface area (Å²) < 4.78 is 74.0. The highest BCUT2D eigenvalue weighted by atomic mass is 19.4. The number of hydrogen-bond donors (Lipinski definition) is 2. The van der Waals surface area contributed by atoms with Gasteiger partial charge in [0.1, 0.15) is 24.0 Å². The van der Waals surface area contributed by atoms with E-state index in [1.807, 2.05) is 0 Å². The molecule has 2 aromatic rings. The molecule has 2 amide bonds. The van der Waals surface area contributed by atoms with E-state index in [2.05, 4.69) is 20.0 Å². The van der Waals surface area contributed by atoms with Crippen molar-refractivity contribution in [2.75, 3.05) is 18.5 Å². The Morgan fingerprint density at radius 3 is 2.65 bits per heavy atom. The Labute approximate surface area is 190 Å². The van der Waals surface area contributed by atoms with E-state index < -0.39 is 49.0 Å². The highest BCUT2D eigenvalue weighted by Crippen LogP contribution is 2.32. The molecule has 0 radical (unpaired) electrons. The summed E-state index contributed by atoms with van der Waals surface area (Å²) in [5.74, 6) is -4.46. The lowest BCUT2D eigenvalue weighted by Gasteiger charge is -2.39. The molecule has 1 aliphatic heterocycles. The number of pyridine rings is 2. The van der Waals surface area contributed by atoms with Crippen LogP contribution in [0.15, 0.2) is 30.6 Å². The fourth-order valence-corrected chi connectivity index (χ4v) is 3.37. The number of alkyl halides is 5. The summed E-state index contributed by atoms with van der Waals surface area (Å²) in [7, 11) is 0. The van der Waals surface area contributed by atoms with Gasteiger partial charge in [-0.3, -0.25) is 4.79 Å². The molecule has 184 valence electrons. The maximum atomic E-state index is 14.1. The van der Waals surface area contributed by atoms with Crippen LogP contribution in [0.3, 0.4) is 0 Å². The number of carbonyl (C=O) groups is 2. The molecule has 1 saturated heterocycles. The van der Waals surface area contributed by atoms with Gasteiger partial charge in [-0.15, -0.1) is 13.2 Å². The number of primary amides is 1. The number of nitrogens with two attached hydrogens (primary N) is 1.